The Morgan fingerprint density at radius 1 is 0.816 bits per heavy atom. The van der Waals surface area contributed by atoms with Gasteiger partial charge in [-0.1, -0.05) is 94.3 Å². The molecule has 4 aromatic carbocycles. The number of imide groups is 1. The minimum absolute atomic E-state index is 0.197. The number of Topliss-reactive ketones (excluding diaryl/α,β-unsaturated/α-hetero) is 1. The molecule has 3 aliphatic heterocycles. The van der Waals surface area contributed by atoms with Crippen LogP contribution in [0, 0.1) is 11.8 Å². The van der Waals surface area contributed by atoms with Crippen molar-refractivity contribution in [1.29, 1.82) is 0 Å². The molecule has 0 spiro atoms. The van der Waals surface area contributed by atoms with Crippen LogP contribution in [-0.4, -0.2) is 29.7 Å². The second-order valence-corrected chi connectivity index (χ2v) is 11.2. The number of anilines is 2. The van der Waals surface area contributed by atoms with Crippen LogP contribution in [-0.2, 0) is 9.59 Å². The van der Waals surface area contributed by atoms with Crippen LogP contribution in [0.5, 0.6) is 0 Å². The Balaban J connectivity index is 1.40. The zero-order valence-corrected chi connectivity index (χ0v) is 22.3. The third kappa shape index (κ3) is 3.33. The first kappa shape index (κ1) is 23.4. The third-order valence-electron chi connectivity index (χ3n) is 7.88. The van der Waals surface area contributed by atoms with Crippen LogP contribution in [0.3, 0.4) is 0 Å². The number of hydrogen-bond acceptors (Lipinski definition) is 4. The summed E-state index contributed by atoms with van der Waals surface area (Å²) < 4.78 is 0.850. The minimum atomic E-state index is -0.857. The van der Waals surface area contributed by atoms with Gasteiger partial charge in [-0.2, -0.15) is 0 Å². The fourth-order valence-corrected chi connectivity index (χ4v) is 6.69. The summed E-state index contributed by atoms with van der Waals surface area (Å²) in [4.78, 5) is 45.8. The summed E-state index contributed by atoms with van der Waals surface area (Å²) in [5.41, 5.74) is 2.69. The van der Waals surface area contributed by atoms with E-state index in [4.69, 9.17) is 11.6 Å². The van der Waals surface area contributed by atoms with Gasteiger partial charge in [-0.3, -0.25) is 14.4 Å². The Hall–Kier alpha value is -3.74. The van der Waals surface area contributed by atoms with Crippen molar-refractivity contribution in [2.24, 2.45) is 11.8 Å². The molecule has 38 heavy (non-hydrogen) atoms. The molecule has 0 N–H and O–H groups in total. The Bertz CT molecular complexity index is 1690. The van der Waals surface area contributed by atoms with Crippen molar-refractivity contribution in [2.75, 3.05) is 9.80 Å². The summed E-state index contributed by atoms with van der Waals surface area (Å²) in [6.45, 7) is 0. The standard InChI is InChI=1S/C31H20BrClN2O3/c32-20-12-8-19(9-13-20)29(36)28-27-26(24-15-11-18-10-14-21(33)16-25(18)34(24)28)30(37)35(31(27)38)23-7-3-5-17-4-1-2-6-22(17)23/h1-16,24,26-28H/t24-,26-,27-,28+/m1/s1. The number of amides is 2. The van der Waals surface area contributed by atoms with E-state index in [9.17, 15) is 14.4 Å². The zero-order valence-electron chi connectivity index (χ0n) is 19.9. The number of fused-ring (bicyclic) bond motifs is 6. The monoisotopic (exact) mass is 582 g/mol. The first-order valence-corrected chi connectivity index (χ1v) is 13.5. The van der Waals surface area contributed by atoms with Gasteiger partial charge in [0.15, 0.2) is 5.78 Å². The van der Waals surface area contributed by atoms with Gasteiger partial charge in [-0.25, -0.2) is 4.90 Å². The molecule has 0 aromatic heterocycles. The number of carbonyl (C=O) groups is 3. The fourth-order valence-electron chi connectivity index (χ4n) is 6.26. The second kappa shape index (κ2) is 8.65. The molecule has 0 unspecified atom stereocenters. The number of nitrogens with zero attached hydrogens (tertiary/aromatic N) is 2. The van der Waals surface area contributed by atoms with E-state index in [2.05, 4.69) is 15.9 Å². The molecule has 7 heteroatoms. The molecule has 2 amide bonds. The van der Waals surface area contributed by atoms with Crippen LogP contribution < -0.4 is 9.80 Å². The molecule has 0 saturated carbocycles. The van der Waals surface area contributed by atoms with E-state index in [1.165, 1.54) is 4.90 Å². The van der Waals surface area contributed by atoms with E-state index in [1.54, 1.807) is 24.3 Å². The largest absolute Gasteiger partial charge is 0.352 e. The van der Waals surface area contributed by atoms with E-state index in [0.717, 1.165) is 26.5 Å². The van der Waals surface area contributed by atoms with E-state index in [1.807, 2.05) is 77.7 Å². The number of hydrogen-bond donors (Lipinski definition) is 0. The van der Waals surface area contributed by atoms with Gasteiger partial charge in [0.1, 0.15) is 6.04 Å². The zero-order chi connectivity index (χ0) is 26.1. The summed E-state index contributed by atoms with van der Waals surface area (Å²) in [6.07, 6.45) is 3.90. The topological polar surface area (TPSA) is 57.7 Å². The molecule has 186 valence electrons. The van der Waals surface area contributed by atoms with Crippen LogP contribution in [0.4, 0.5) is 11.4 Å². The van der Waals surface area contributed by atoms with Crippen molar-refractivity contribution in [3.63, 3.8) is 0 Å². The summed E-state index contributed by atoms with van der Waals surface area (Å²) in [7, 11) is 0. The quantitative estimate of drug-likeness (QED) is 0.203. The van der Waals surface area contributed by atoms with E-state index in [0.29, 0.717) is 16.3 Å². The van der Waals surface area contributed by atoms with E-state index >= 15 is 0 Å². The Labute approximate surface area is 232 Å². The lowest BCUT2D eigenvalue weighted by Crippen LogP contribution is -2.48. The van der Waals surface area contributed by atoms with Crippen molar-refractivity contribution in [2.45, 2.75) is 12.1 Å². The SMILES string of the molecule is O=C(c1ccc(Br)cc1)[C@@H]1[C@@H]2C(=O)N(c3cccc4ccccc34)C(=O)[C@@H]2[C@H]2C=Cc3ccc(Cl)cc3N21. The molecule has 3 heterocycles. The van der Waals surface area contributed by atoms with Gasteiger partial charge >= 0.3 is 0 Å². The van der Waals surface area contributed by atoms with Crippen molar-refractivity contribution in [3.8, 4) is 0 Å². The Kier molecular flexibility index (Phi) is 5.32. The lowest BCUT2D eigenvalue weighted by molar-refractivity contribution is -0.122. The van der Waals surface area contributed by atoms with E-state index in [-0.39, 0.29) is 17.6 Å². The fraction of sp³-hybridized carbons (Fsp3) is 0.129. The molecular formula is C31H20BrClN2O3. The minimum Gasteiger partial charge on any atom is -0.352 e. The molecule has 0 aliphatic carbocycles. The molecule has 2 saturated heterocycles. The molecule has 7 rings (SSSR count). The lowest BCUT2D eigenvalue weighted by Gasteiger charge is -2.36. The van der Waals surface area contributed by atoms with Gasteiger partial charge in [0.25, 0.3) is 0 Å². The Morgan fingerprint density at radius 3 is 2.37 bits per heavy atom. The average molecular weight is 584 g/mol. The van der Waals surface area contributed by atoms with Gasteiger partial charge in [0.05, 0.1) is 23.6 Å². The summed E-state index contributed by atoms with van der Waals surface area (Å²) >= 11 is 9.81. The highest BCUT2D eigenvalue weighted by molar-refractivity contribution is 9.10. The average Bonchev–Trinajstić information content (AvgIpc) is 3.41. The highest BCUT2D eigenvalue weighted by Crippen LogP contribution is 2.50. The van der Waals surface area contributed by atoms with Gasteiger partial charge in [0, 0.05) is 26.1 Å². The number of benzene rings is 4. The van der Waals surface area contributed by atoms with Crippen molar-refractivity contribution < 1.29 is 14.4 Å². The highest BCUT2D eigenvalue weighted by Gasteiger charge is 2.64. The first-order chi connectivity index (χ1) is 18.4. The van der Waals surface area contributed by atoms with Gasteiger partial charge in [0.2, 0.25) is 11.8 Å². The summed E-state index contributed by atoms with van der Waals surface area (Å²) in [5, 5.41) is 2.29. The maximum atomic E-state index is 14.2. The van der Waals surface area contributed by atoms with Crippen molar-refractivity contribution in [1.82, 2.24) is 0 Å². The number of ketones is 1. The molecule has 4 atom stereocenters. The molecule has 2 fully saturated rings. The third-order valence-corrected chi connectivity index (χ3v) is 8.64. The molecule has 3 aliphatic rings. The van der Waals surface area contributed by atoms with Gasteiger partial charge in [-0.05, 0) is 41.3 Å². The number of carbonyl (C=O) groups excluding carboxylic acids is 3. The molecular weight excluding hydrogens is 564 g/mol. The lowest BCUT2D eigenvalue weighted by atomic mass is 9.86. The maximum Gasteiger partial charge on any atom is 0.240 e. The number of rotatable bonds is 3. The molecule has 4 aromatic rings. The normalized spacial score (nSPS) is 23.5. The van der Waals surface area contributed by atoms with Crippen molar-refractivity contribution in [3.05, 3.63) is 112 Å². The Morgan fingerprint density at radius 2 is 1.55 bits per heavy atom. The van der Waals surface area contributed by atoms with E-state index < -0.39 is 23.9 Å². The smallest absolute Gasteiger partial charge is 0.240 e. The van der Waals surface area contributed by atoms with Gasteiger partial charge in [-0.15, -0.1) is 0 Å². The van der Waals surface area contributed by atoms with Crippen LogP contribution in [0.15, 0.2) is 95.5 Å². The predicted octanol–water partition coefficient (Wildman–Crippen LogP) is 6.53. The maximum absolute atomic E-state index is 14.2. The highest BCUT2D eigenvalue weighted by atomic mass is 79.9. The molecule has 0 bridgehead atoms. The van der Waals surface area contributed by atoms with Crippen LogP contribution in [0.1, 0.15) is 15.9 Å². The van der Waals surface area contributed by atoms with Crippen LogP contribution >= 0.6 is 27.5 Å². The van der Waals surface area contributed by atoms with Crippen LogP contribution in [0.2, 0.25) is 5.02 Å². The van der Waals surface area contributed by atoms with Crippen LogP contribution in [0.25, 0.3) is 16.8 Å². The second-order valence-electron chi connectivity index (χ2n) is 9.84. The van der Waals surface area contributed by atoms with Gasteiger partial charge < -0.3 is 4.90 Å². The predicted molar refractivity (Wildman–Crippen MR) is 152 cm³/mol. The first-order valence-electron chi connectivity index (χ1n) is 12.4. The van der Waals surface area contributed by atoms with Crippen molar-refractivity contribution >= 4 is 73.4 Å². The summed E-state index contributed by atoms with van der Waals surface area (Å²) in [6, 6.07) is 24.6. The molecule has 5 nitrogen and oxygen atoms in total. The number of halogens is 2. The summed E-state index contributed by atoms with van der Waals surface area (Å²) in [5.74, 6) is -2.37. The molecule has 0 radical (unpaired) electrons.